The van der Waals surface area contributed by atoms with E-state index in [1.54, 1.807) is 0 Å². The Morgan fingerprint density at radius 1 is 1.50 bits per heavy atom. The third-order valence-electron chi connectivity index (χ3n) is 1.27. The molecule has 0 rings (SSSR count). The average molecular weight is 200 g/mol. The second-order valence-corrected chi connectivity index (χ2v) is 2.66. The summed E-state index contributed by atoms with van der Waals surface area (Å²) in [6.45, 7) is 5.86. The highest BCUT2D eigenvalue weighted by Gasteiger charge is 2.10. The first-order chi connectivity index (χ1) is 6.34. The minimum Gasteiger partial charge on any atom is -0.478 e. The molecule has 0 radical (unpaired) electrons. The Morgan fingerprint density at radius 3 is 2.36 bits per heavy atom. The molecule has 0 aliphatic heterocycles. The molecule has 0 fully saturated rings. The van der Waals surface area contributed by atoms with Gasteiger partial charge in [-0.05, 0) is 19.9 Å². The minimum atomic E-state index is -1.22. The number of carboxylic acid groups (broad SMARTS) is 1. The van der Waals surface area contributed by atoms with Crippen molar-refractivity contribution in [2.24, 2.45) is 0 Å². The maximum Gasteiger partial charge on any atom is 0.336 e. The van der Waals surface area contributed by atoms with Gasteiger partial charge in [-0.2, -0.15) is 0 Å². The van der Waals surface area contributed by atoms with Crippen LogP contribution in [-0.2, 0) is 14.3 Å². The first kappa shape index (κ1) is 12.4. The number of aliphatic carboxylic acids is 1. The van der Waals surface area contributed by atoms with Crippen LogP contribution in [0, 0.1) is 0 Å². The van der Waals surface area contributed by atoms with Crippen LogP contribution in [0.1, 0.15) is 13.8 Å². The van der Waals surface area contributed by atoms with Crippen molar-refractivity contribution in [3.8, 4) is 0 Å². The predicted octanol–water partition coefficient (Wildman–Crippen LogP) is 0.455. The van der Waals surface area contributed by atoms with Crippen LogP contribution in [-0.4, -0.2) is 28.4 Å². The zero-order valence-electron chi connectivity index (χ0n) is 7.98. The van der Waals surface area contributed by atoms with E-state index in [0.717, 1.165) is 6.08 Å². The highest BCUT2D eigenvalue weighted by atomic mass is 16.6. The van der Waals surface area contributed by atoms with Gasteiger partial charge in [0, 0.05) is 5.57 Å². The number of ether oxygens (including phenoxy) is 1. The Bertz CT molecular complexity index is 288. The van der Waals surface area contributed by atoms with Crippen LogP contribution in [0.5, 0.6) is 0 Å². The molecule has 0 saturated carbocycles. The van der Waals surface area contributed by atoms with Crippen LogP contribution in [0.3, 0.4) is 0 Å². The molecule has 5 heteroatoms. The number of carboxylic acids is 1. The Hall–Kier alpha value is -1.62. The normalized spacial score (nSPS) is 13.2. The number of esters is 1. The molecule has 0 aliphatic rings. The molecule has 0 aliphatic carbocycles. The summed E-state index contributed by atoms with van der Waals surface area (Å²) in [6, 6.07) is 0. The number of aliphatic hydroxyl groups excluding tert-OH is 1. The van der Waals surface area contributed by atoms with E-state index in [9.17, 15) is 9.59 Å². The highest BCUT2D eigenvalue weighted by Crippen LogP contribution is 2.03. The SMILES string of the molecule is C=C(/C=C(\C)C(=O)OC(C)O)C(=O)O. The van der Waals surface area contributed by atoms with E-state index in [4.69, 9.17) is 10.2 Å². The maximum atomic E-state index is 11.0. The molecule has 0 heterocycles. The van der Waals surface area contributed by atoms with Gasteiger partial charge in [0.1, 0.15) is 0 Å². The van der Waals surface area contributed by atoms with Crippen LogP contribution in [0.15, 0.2) is 23.8 Å². The Kier molecular flexibility index (Phi) is 4.58. The van der Waals surface area contributed by atoms with E-state index >= 15 is 0 Å². The summed E-state index contributed by atoms with van der Waals surface area (Å²) >= 11 is 0. The van der Waals surface area contributed by atoms with Gasteiger partial charge in [-0.15, -0.1) is 0 Å². The molecule has 0 aromatic rings. The summed E-state index contributed by atoms with van der Waals surface area (Å²) < 4.78 is 4.41. The molecule has 0 bridgehead atoms. The first-order valence-electron chi connectivity index (χ1n) is 3.84. The standard InChI is InChI=1S/C9H12O5/c1-5(8(11)12)4-6(2)9(13)14-7(3)10/h4,7,10H,1H2,2-3H3,(H,11,12)/b6-4+. The fourth-order valence-corrected chi connectivity index (χ4v) is 0.630. The molecular formula is C9H12O5. The second kappa shape index (κ2) is 5.18. The largest absolute Gasteiger partial charge is 0.478 e. The molecule has 2 N–H and O–H groups in total. The minimum absolute atomic E-state index is 0.0679. The van der Waals surface area contributed by atoms with Gasteiger partial charge in [0.15, 0.2) is 6.29 Å². The predicted molar refractivity (Wildman–Crippen MR) is 48.3 cm³/mol. The van der Waals surface area contributed by atoms with Crippen LogP contribution in [0.2, 0.25) is 0 Å². The van der Waals surface area contributed by atoms with Crippen LogP contribution in [0.25, 0.3) is 0 Å². The molecule has 0 aromatic carbocycles. The Labute approximate surface area is 81.3 Å². The van der Waals surface area contributed by atoms with Crippen molar-refractivity contribution in [1.82, 2.24) is 0 Å². The Morgan fingerprint density at radius 2 is 2.00 bits per heavy atom. The van der Waals surface area contributed by atoms with Crippen LogP contribution >= 0.6 is 0 Å². The quantitative estimate of drug-likeness (QED) is 0.298. The van der Waals surface area contributed by atoms with E-state index in [0.29, 0.717) is 0 Å². The van der Waals surface area contributed by atoms with Gasteiger partial charge in [-0.1, -0.05) is 6.58 Å². The van der Waals surface area contributed by atoms with Crippen molar-refractivity contribution in [2.45, 2.75) is 20.1 Å². The number of rotatable bonds is 4. The third-order valence-corrected chi connectivity index (χ3v) is 1.27. The van der Waals surface area contributed by atoms with Gasteiger partial charge in [-0.3, -0.25) is 0 Å². The number of carbonyl (C=O) groups excluding carboxylic acids is 1. The third kappa shape index (κ3) is 4.42. The number of hydrogen-bond donors (Lipinski definition) is 2. The topological polar surface area (TPSA) is 83.8 Å². The van der Waals surface area contributed by atoms with E-state index in [1.165, 1.54) is 13.8 Å². The van der Waals surface area contributed by atoms with Gasteiger partial charge < -0.3 is 14.9 Å². The van der Waals surface area contributed by atoms with Crippen molar-refractivity contribution >= 4 is 11.9 Å². The smallest absolute Gasteiger partial charge is 0.336 e. The number of hydrogen-bond acceptors (Lipinski definition) is 4. The summed E-state index contributed by atoms with van der Waals surface area (Å²) in [5, 5.41) is 17.2. The van der Waals surface area contributed by atoms with Crippen molar-refractivity contribution in [2.75, 3.05) is 0 Å². The summed E-state index contributed by atoms with van der Waals surface area (Å²) in [5.41, 5.74) is -0.150. The molecular weight excluding hydrogens is 188 g/mol. The molecule has 0 amide bonds. The summed E-state index contributed by atoms with van der Waals surface area (Å²) in [7, 11) is 0. The monoisotopic (exact) mass is 200 g/mol. The second-order valence-electron chi connectivity index (χ2n) is 2.66. The summed E-state index contributed by atoms with van der Waals surface area (Å²) in [6.07, 6.45) is -0.142. The Balaban J connectivity index is 4.46. The molecule has 5 nitrogen and oxygen atoms in total. The van der Waals surface area contributed by atoms with Crippen molar-refractivity contribution in [3.05, 3.63) is 23.8 Å². The van der Waals surface area contributed by atoms with Crippen molar-refractivity contribution in [3.63, 3.8) is 0 Å². The molecule has 78 valence electrons. The lowest BCUT2D eigenvalue weighted by molar-refractivity contribution is -0.159. The van der Waals surface area contributed by atoms with Gasteiger partial charge in [-0.25, -0.2) is 9.59 Å². The lowest BCUT2D eigenvalue weighted by Crippen LogP contribution is -2.15. The van der Waals surface area contributed by atoms with Gasteiger partial charge >= 0.3 is 11.9 Å². The molecule has 1 unspecified atom stereocenters. The zero-order chi connectivity index (χ0) is 11.3. The zero-order valence-corrected chi connectivity index (χ0v) is 7.98. The lowest BCUT2D eigenvalue weighted by atomic mass is 10.2. The van der Waals surface area contributed by atoms with Gasteiger partial charge in [0.25, 0.3) is 0 Å². The molecule has 0 aromatic heterocycles. The molecule has 0 saturated heterocycles. The number of carbonyl (C=O) groups is 2. The molecule has 14 heavy (non-hydrogen) atoms. The first-order valence-corrected chi connectivity index (χ1v) is 3.84. The lowest BCUT2D eigenvalue weighted by Gasteiger charge is -2.06. The average Bonchev–Trinajstić information content (AvgIpc) is 2.02. The van der Waals surface area contributed by atoms with Crippen LogP contribution < -0.4 is 0 Å². The van der Waals surface area contributed by atoms with E-state index in [1.807, 2.05) is 0 Å². The van der Waals surface area contributed by atoms with E-state index in [2.05, 4.69) is 11.3 Å². The highest BCUT2D eigenvalue weighted by molar-refractivity contribution is 5.94. The van der Waals surface area contributed by atoms with Crippen molar-refractivity contribution in [1.29, 1.82) is 0 Å². The molecule has 1 atom stereocenters. The number of aliphatic hydroxyl groups is 1. The van der Waals surface area contributed by atoms with Gasteiger partial charge in [0.05, 0.1) is 5.57 Å². The summed E-state index contributed by atoms with van der Waals surface area (Å²) in [4.78, 5) is 21.4. The van der Waals surface area contributed by atoms with E-state index < -0.39 is 18.2 Å². The van der Waals surface area contributed by atoms with Crippen LogP contribution in [0.4, 0.5) is 0 Å². The van der Waals surface area contributed by atoms with Crippen molar-refractivity contribution < 1.29 is 24.5 Å². The summed E-state index contributed by atoms with van der Waals surface area (Å²) in [5.74, 6) is -1.99. The fraction of sp³-hybridized carbons (Fsp3) is 0.333. The molecule has 0 spiro atoms. The van der Waals surface area contributed by atoms with E-state index in [-0.39, 0.29) is 11.1 Å². The fourth-order valence-electron chi connectivity index (χ4n) is 0.630. The van der Waals surface area contributed by atoms with Gasteiger partial charge in [0.2, 0.25) is 0 Å². The maximum absolute atomic E-state index is 11.0.